The molecule has 0 radical (unpaired) electrons. The second kappa shape index (κ2) is 5.46. The van der Waals surface area contributed by atoms with Gasteiger partial charge in [0.25, 0.3) is 0 Å². The summed E-state index contributed by atoms with van der Waals surface area (Å²) in [7, 11) is -2.30. The lowest BCUT2D eigenvalue weighted by molar-refractivity contribution is 0.0406. The van der Waals surface area contributed by atoms with E-state index in [4.69, 9.17) is 4.74 Å². The first-order valence-electron chi connectivity index (χ1n) is 5.93. The Bertz CT molecular complexity index is 528. The first kappa shape index (κ1) is 14.3. The normalized spacial score (nSPS) is 27.1. The predicted octanol–water partition coefficient (Wildman–Crippen LogP) is -0.0900. The summed E-state index contributed by atoms with van der Waals surface area (Å²) in [6.07, 6.45) is -0.978. The van der Waals surface area contributed by atoms with E-state index in [2.05, 4.69) is 0 Å². The molecular formula is C12H17NO5S. The van der Waals surface area contributed by atoms with Crippen LogP contribution in [0.5, 0.6) is 5.75 Å². The number of hydrogen-bond acceptors (Lipinski definition) is 5. The van der Waals surface area contributed by atoms with Crippen LogP contribution in [0.4, 0.5) is 0 Å². The number of ether oxygens (including phenoxy) is 1. The Morgan fingerprint density at radius 1 is 1.32 bits per heavy atom. The van der Waals surface area contributed by atoms with E-state index < -0.39 is 21.6 Å². The number of aliphatic hydroxyl groups is 2. The maximum absolute atomic E-state index is 11.9. The van der Waals surface area contributed by atoms with Crippen molar-refractivity contribution in [2.75, 3.05) is 13.7 Å². The molecule has 0 aliphatic carbocycles. The molecule has 1 aromatic rings. The summed E-state index contributed by atoms with van der Waals surface area (Å²) in [5, 5.41) is 18.9. The highest BCUT2D eigenvalue weighted by molar-refractivity contribution is 7.89. The number of rotatable bonds is 3. The van der Waals surface area contributed by atoms with Crippen LogP contribution in [0, 0.1) is 0 Å². The van der Waals surface area contributed by atoms with Gasteiger partial charge in [0.15, 0.2) is 5.44 Å². The van der Waals surface area contributed by atoms with Crippen LogP contribution in [0.15, 0.2) is 24.3 Å². The third-order valence-electron chi connectivity index (χ3n) is 3.19. The monoisotopic (exact) mass is 287 g/mol. The van der Waals surface area contributed by atoms with Crippen LogP contribution in [-0.2, 0) is 16.6 Å². The minimum Gasteiger partial charge on any atom is -0.497 e. The van der Waals surface area contributed by atoms with Crippen LogP contribution in [0.1, 0.15) is 12.0 Å². The molecule has 1 aliphatic rings. The number of aliphatic hydroxyl groups excluding tert-OH is 2. The van der Waals surface area contributed by atoms with E-state index in [1.165, 1.54) is 4.31 Å². The third kappa shape index (κ3) is 2.89. The standard InChI is InChI=1S/C12H17NO5S/c1-18-10-4-2-9(3-5-10)8-13-7-6-11(14)12(15)19(13,16)17/h2-5,11-12,14-15H,6-8H2,1H3/t11-,12+/m1/s1. The molecule has 19 heavy (non-hydrogen) atoms. The van der Waals surface area contributed by atoms with E-state index in [1.807, 2.05) is 0 Å². The molecule has 0 unspecified atom stereocenters. The fraction of sp³-hybridized carbons (Fsp3) is 0.500. The van der Waals surface area contributed by atoms with Gasteiger partial charge in [0.1, 0.15) is 5.75 Å². The quantitative estimate of drug-likeness (QED) is 0.811. The number of benzene rings is 1. The fourth-order valence-corrected chi connectivity index (χ4v) is 3.53. The Kier molecular flexibility index (Phi) is 4.10. The van der Waals surface area contributed by atoms with Crippen molar-refractivity contribution in [1.82, 2.24) is 4.31 Å². The van der Waals surface area contributed by atoms with Gasteiger partial charge >= 0.3 is 0 Å². The largest absolute Gasteiger partial charge is 0.497 e. The van der Waals surface area contributed by atoms with Crippen molar-refractivity contribution < 1.29 is 23.4 Å². The van der Waals surface area contributed by atoms with Gasteiger partial charge in [0, 0.05) is 13.1 Å². The van der Waals surface area contributed by atoms with E-state index in [-0.39, 0.29) is 19.5 Å². The molecule has 2 N–H and O–H groups in total. The molecule has 0 amide bonds. The van der Waals surface area contributed by atoms with Gasteiger partial charge in [0.05, 0.1) is 13.2 Å². The van der Waals surface area contributed by atoms with Crippen LogP contribution in [0.2, 0.25) is 0 Å². The molecule has 1 heterocycles. The summed E-state index contributed by atoms with van der Waals surface area (Å²) in [5.74, 6) is 0.695. The zero-order valence-electron chi connectivity index (χ0n) is 10.6. The molecule has 2 atom stereocenters. The molecule has 1 aliphatic heterocycles. The first-order valence-corrected chi connectivity index (χ1v) is 7.43. The van der Waals surface area contributed by atoms with Crippen LogP contribution in [-0.4, -0.2) is 48.1 Å². The molecule has 7 heteroatoms. The van der Waals surface area contributed by atoms with Gasteiger partial charge in [-0.25, -0.2) is 8.42 Å². The SMILES string of the molecule is COc1ccc(CN2CC[C@@H](O)[C@@H](O)S2(=O)=O)cc1. The highest BCUT2D eigenvalue weighted by atomic mass is 32.2. The molecule has 0 aromatic heterocycles. The molecule has 106 valence electrons. The molecule has 2 rings (SSSR count). The summed E-state index contributed by atoms with van der Waals surface area (Å²) < 4.78 is 30.1. The summed E-state index contributed by atoms with van der Waals surface area (Å²) >= 11 is 0. The summed E-state index contributed by atoms with van der Waals surface area (Å²) in [6.45, 7) is 0.378. The van der Waals surface area contributed by atoms with Crippen molar-refractivity contribution in [2.24, 2.45) is 0 Å². The second-order valence-electron chi connectivity index (χ2n) is 4.47. The summed E-state index contributed by atoms with van der Waals surface area (Å²) in [5.41, 5.74) is -0.938. The minimum absolute atomic E-state index is 0.177. The Morgan fingerprint density at radius 3 is 2.53 bits per heavy atom. The van der Waals surface area contributed by atoms with E-state index in [1.54, 1.807) is 31.4 Å². The molecule has 0 spiro atoms. The van der Waals surface area contributed by atoms with Gasteiger partial charge < -0.3 is 14.9 Å². The number of nitrogens with zero attached hydrogens (tertiary/aromatic N) is 1. The molecule has 6 nitrogen and oxygen atoms in total. The van der Waals surface area contributed by atoms with E-state index >= 15 is 0 Å². The van der Waals surface area contributed by atoms with Crippen molar-refractivity contribution in [3.8, 4) is 5.75 Å². The minimum atomic E-state index is -3.86. The van der Waals surface area contributed by atoms with Gasteiger partial charge in [0.2, 0.25) is 10.0 Å². The lowest BCUT2D eigenvalue weighted by atomic mass is 10.2. The average molecular weight is 287 g/mol. The van der Waals surface area contributed by atoms with Gasteiger partial charge in [-0.05, 0) is 24.1 Å². The maximum atomic E-state index is 11.9. The van der Waals surface area contributed by atoms with Crippen molar-refractivity contribution in [3.63, 3.8) is 0 Å². The Labute approximate surface area is 112 Å². The average Bonchev–Trinajstić information content (AvgIpc) is 2.41. The van der Waals surface area contributed by atoms with Crippen molar-refractivity contribution in [2.45, 2.75) is 24.5 Å². The lowest BCUT2D eigenvalue weighted by Crippen LogP contribution is -2.50. The zero-order chi connectivity index (χ0) is 14.0. The van der Waals surface area contributed by atoms with Crippen molar-refractivity contribution in [3.05, 3.63) is 29.8 Å². The highest BCUT2D eigenvalue weighted by Gasteiger charge is 2.40. The van der Waals surface area contributed by atoms with Crippen LogP contribution >= 0.6 is 0 Å². The van der Waals surface area contributed by atoms with Gasteiger partial charge in [-0.3, -0.25) is 0 Å². The van der Waals surface area contributed by atoms with Crippen LogP contribution < -0.4 is 4.74 Å². The van der Waals surface area contributed by atoms with Crippen LogP contribution in [0.25, 0.3) is 0 Å². The molecular weight excluding hydrogens is 270 g/mol. The van der Waals surface area contributed by atoms with Crippen LogP contribution in [0.3, 0.4) is 0 Å². The number of methoxy groups -OCH3 is 1. The predicted molar refractivity (Wildman–Crippen MR) is 69.0 cm³/mol. The van der Waals surface area contributed by atoms with E-state index in [0.29, 0.717) is 5.75 Å². The van der Waals surface area contributed by atoms with E-state index in [9.17, 15) is 18.6 Å². The number of sulfonamides is 1. The van der Waals surface area contributed by atoms with Gasteiger partial charge in [-0.15, -0.1) is 0 Å². The maximum Gasteiger partial charge on any atom is 0.243 e. The third-order valence-corrected chi connectivity index (χ3v) is 5.14. The molecule has 0 saturated carbocycles. The smallest absolute Gasteiger partial charge is 0.243 e. The Balaban J connectivity index is 2.14. The summed E-state index contributed by atoms with van der Waals surface area (Å²) in [4.78, 5) is 0. The van der Waals surface area contributed by atoms with Crippen molar-refractivity contribution >= 4 is 10.0 Å². The second-order valence-corrected chi connectivity index (χ2v) is 6.50. The Hall–Kier alpha value is -1.15. The molecule has 1 fully saturated rings. The fourth-order valence-electron chi connectivity index (χ4n) is 2.00. The summed E-state index contributed by atoms with van der Waals surface area (Å²) in [6, 6.07) is 7.03. The van der Waals surface area contributed by atoms with E-state index in [0.717, 1.165) is 5.56 Å². The molecule has 0 bridgehead atoms. The van der Waals surface area contributed by atoms with Crippen molar-refractivity contribution in [1.29, 1.82) is 0 Å². The molecule has 1 saturated heterocycles. The highest BCUT2D eigenvalue weighted by Crippen LogP contribution is 2.23. The molecule has 1 aromatic carbocycles. The number of hydrogen-bond donors (Lipinski definition) is 2. The topological polar surface area (TPSA) is 87.1 Å². The lowest BCUT2D eigenvalue weighted by Gasteiger charge is -2.32. The Morgan fingerprint density at radius 2 is 1.95 bits per heavy atom. The van der Waals surface area contributed by atoms with Gasteiger partial charge in [-0.1, -0.05) is 12.1 Å². The van der Waals surface area contributed by atoms with Gasteiger partial charge in [-0.2, -0.15) is 4.31 Å². The zero-order valence-corrected chi connectivity index (χ0v) is 11.4. The first-order chi connectivity index (χ1) is 8.95.